The van der Waals surface area contributed by atoms with Gasteiger partial charge in [-0.25, -0.2) is 4.68 Å². The first kappa shape index (κ1) is 20.8. The van der Waals surface area contributed by atoms with Crippen LogP contribution in [0.3, 0.4) is 0 Å². The molecular formula is C18H20Cl2N4O3S. The Kier molecular flexibility index (Phi) is 7.09. The zero-order valence-electron chi connectivity index (χ0n) is 15.3. The highest BCUT2D eigenvalue weighted by molar-refractivity contribution is 7.98. The van der Waals surface area contributed by atoms with Crippen LogP contribution >= 0.6 is 35.0 Å². The van der Waals surface area contributed by atoms with Gasteiger partial charge in [0.05, 0.1) is 10.7 Å². The maximum absolute atomic E-state index is 12.4. The van der Waals surface area contributed by atoms with Crippen LogP contribution in [0.2, 0.25) is 10.0 Å². The number of hydrogen-bond donors (Lipinski definition) is 2. The maximum Gasteiger partial charge on any atom is 0.263 e. The molecule has 0 unspecified atom stereocenters. The Labute approximate surface area is 177 Å². The number of carbonyl (C=O) groups excluding carboxylic acids is 2. The van der Waals surface area contributed by atoms with E-state index < -0.39 is 0 Å². The minimum Gasteiger partial charge on any atom is -0.482 e. The standard InChI is InChI=1S/C18H20Cl2N4O3S/c1-2-5-21-16(25)7-24-18(12-9-28-10-14(12)23-24)22-17(26)8-27-15-4-3-11(19)6-13(15)20/h3-4,6H,2,5,7-10H2,1H3,(H,21,25)(H,22,26). The Balaban J connectivity index is 1.66. The molecule has 0 radical (unpaired) electrons. The summed E-state index contributed by atoms with van der Waals surface area (Å²) in [6.45, 7) is 2.42. The summed E-state index contributed by atoms with van der Waals surface area (Å²) in [5, 5.41) is 10.9. The van der Waals surface area contributed by atoms with Gasteiger partial charge >= 0.3 is 0 Å². The average Bonchev–Trinajstić information content (AvgIpc) is 3.22. The molecule has 2 aromatic rings. The summed E-state index contributed by atoms with van der Waals surface area (Å²) in [6, 6.07) is 4.79. The number of ether oxygens (including phenoxy) is 1. The Morgan fingerprint density at radius 1 is 1.29 bits per heavy atom. The van der Waals surface area contributed by atoms with E-state index in [0.29, 0.717) is 28.2 Å². The lowest BCUT2D eigenvalue weighted by Gasteiger charge is -2.12. The number of anilines is 1. The fraction of sp³-hybridized carbons (Fsp3) is 0.389. The number of aromatic nitrogens is 2. The first-order chi connectivity index (χ1) is 13.5. The highest BCUT2D eigenvalue weighted by Gasteiger charge is 2.25. The number of amides is 2. The van der Waals surface area contributed by atoms with Gasteiger partial charge in [-0.2, -0.15) is 16.9 Å². The monoisotopic (exact) mass is 442 g/mol. The molecule has 2 N–H and O–H groups in total. The molecule has 7 nitrogen and oxygen atoms in total. The van der Waals surface area contributed by atoms with E-state index in [9.17, 15) is 9.59 Å². The van der Waals surface area contributed by atoms with Crippen molar-refractivity contribution in [2.24, 2.45) is 0 Å². The molecule has 150 valence electrons. The smallest absolute Gasteiger partial charge is 0.263 e. The lowest BCUT2D eigenvalue weighted by atomic mass is 10.3. The average molecular weight is 443 g/mol. The number of fused-ring (bicyclic) bond motifs is 1. The summed E-state index contributed by atoms with van der Waals surface area (Å²) in [7, 11) is 0. The Morgan fingerprint density at radius 3 is 2.86 bits per heavy atom. The van der Waals surface area contributed by atoms with Crippen molar-refractivity contribution in [1.82, 2.24) is 15.1 Å². The number of hydrogen-bond acceptors (Lipinski definition) is 5. The normalized spacial score (nSPS) is 12.5. The van der Waals surface area contributed by atoms with Gasteiger partial charge in [-0.15, -0.1) is 0 Å². The molecule has 2 heterocycles. The second kappa shape index (κ2) is 9.54. The van der Waals surface area contributed by atoms with Crippen molar-refractivity contribution in [1.29, 1.82) is 0 Å². The number of thioether (sulfide) groups is 1. The molecular weight excluding hydrogens is 423 g/mol. The van der Waals surface area contributed by atoms with Crippen molar-refractivity contribution in [3.05, 3.63) is 39.5 Å². The Hall–Kier alpha value is -1.90. The van der Waals surface area contributed by atoms with E-state index in [4.69, 9.17) is 27.9 Å². The summed E-state index contributed by atoms with van der Waals surface area (Å²) in [5.74, 6) is 1.91. The molecule has 28 heavy (non-hydrogen) atoms. The molecule has 3 rings (SSSR count). The van der Waals surface area contributed by atoms with Crippen LogP contribution in [0.4, 0.5) is 5.82 Å². The number of benzene rings is 1. The Morgan fingerprint density at radius 2 is 2.11 bits per heavy atom. The van der Waals surface area contributed by atoms with Gasteiger partial charge in [-0.05, 0) is 24.6 Å². The molecule has 0 atom stereocenters. The Bertz CT molecular complexity index is 888. The maximum atomic E-state index is 12.4. The van der Waals surface area contributed by atoms with Gasteiger partial charge in [-0.1, -0.05) is 30.1 Å². The molecule has 0 saturated carbocycles. The van der Waals surface area contributed by atoms with Crippen LogP contribution in [-0.2, 0) is 27.6 Å². The molecule has 1 aliphatic rings. The molecule has 10 heteroatoms. The number of carbonyl (C=O) groups is 2. The van der Waals surface area contributed by atoms with Crippen LogP contribution in [-0.4, -0.2) is 34.7 Å². The highest BCUT2D eigenvalue weighted by Crippen LogP contribution is 2.34. The fourth-order valence-corrected chi connectivity index (χ4v) is 4.18. The van der Waals surface area contributed by atoms with Gasteiger partial charge in [0.15, 0.2) is 6.61 Å². The van der Waals surface area contributed by atoms with E-state index in [1.54, 1.807) is 34.6 Å². The number of rotatable bonds is 8. The number of nitrogens with one attached hydrogen (secondary N) is 2. The third kappa shape index (κ3) is 5.12. The molecule has 1 aromatic heterocycles. The molecule has 1 aliphatic heterocycles. The van der Waals surface area contributed by atoms with Gasteiger partial charge in [-0.3, -0.25) is 9.59 Å². The molecule has 1 aromatic carbocycles. The summed E-state index contributed by atoms with van der Waals surface area (Å²) < 4.78 is 7.02. The predicted octanol–water partition coefficient (Wildman–Crippen LogP) is 3.48. The van der Waals surface area contributed by atoms with Gasteiger partial charge in [0.2, 0.25) is 5.91 Å². The summed E-state index contributed by atoms with van der Waals surface area (Å²) in [6.07, 6.45) is 0.853. The van der Waals surface area contributed by atoms with E-state index in [-0.39, 0.29) is 25.0 Å². The van der Waals surface area contributed by atoms with Crippen molar-refractivity contribution in [2.45, 2.75) is 31.4 Å². The minimum atomic E-state index is -0.360. The molecule has 0 fully saturated rings. The first-order valence-corrected chi connectivity index (χ1v) is 10.7. The van der Waals surface area contributed by atoms with Crippen molar-refractivity contribution in [3.63, 3.8) is 0 Å². The molecule has 0 aliphatic carbocycles. The van der Waals surface area contributed by atoms with Gasteiger partial charge < -0.3 is 15.4 Å². The molecule has 2 amide bonds. The van der Waals surface area contributed by atoms with Crippen molar-refractivity contribution in [2.75, 3.05) is 18.5 Å². The quantitative estimate of drug-likeness (QED) is 0.653. The van der Waals surface area contributed by atoms with Crippen LogP contribution in [0.1, 0.15) is 24.6 Å². The summed E-state index contributed by atoms with van der Waals surface area (Å²) >= 11 is 13.6. The molecule has 0 saturated heterocycles. The van der Waals surface area contributed by atoms with E-state index in [2.05, 4.69) is 15.7 Å². The van der Waals surface area contributed by atoms with Crippen molar-refractivity contribution in [3.8, 4) is 5.75 Å². The number of halogens is 2. The number of nitrogens with zero attached hydrogens (tertiary/aromatic N) is 2. The lowest BCUT2D eigenvalue weighted by molar-refractivity contribution is -0.122. The summed E-state index contributed by atoms with van der Waals surface area (Å²) in [5.41, 5.74) is 1.84. The van der Waals surface area contributed by atoms with Gasteiger partial charge in [0.1, 0.15) is 18.1 Å². The third-order valence-corrected chi connectivity index (χ3v) is 5.50. The van der Waals surface area contributed by atoms with Crippen LogP contribution in [0.25, 0.3) is 0 Å². The zero-order valence-corrected chi connectivity index (χ0v) is 17.6. The van der Waals surface area contributed by atoms with Crippen LogP contribution in [0, 0.1) is 0 Å². The second-order valence-corrected chi connectivity index (χ2v) is 8.02. The SMILES string of the molecule is CCCNC(=O)Cn1nc2c(c1NC(=O)COc1ccc(Cl)cc1Cl)CSC2. The highest BCUT2D eigenvalue weighted by atomic mass is 35.5. The molecule has 0 bridgehead atoms. The van der Waals surface area contributed by atoms with E-state index in [0.717, 1.165) is 29.2 Å². The lowest BCUT2D eigenvalue weighted by Crippen LogP contribution is -2.30. The minimum absolute atomic E-state index is 0.0527. The van der Waals surface area contributed by atoms with Crippen molar-refractivity contribution < 1.29 is 14.3 Å². The zero-order chi connectivity index (χ0) is 20.1. The topological polar surface area (TPSA) is 85.3 Å². The summed E-state index contributed by atoms with van der Waals surface area (Å²) in [4.78, 5) is 24.5. The largest absolute Gasteiger partial charge is 0.482 e. The third-order valence-electron chi connectivity index (χ3n) is 3.99. The van der Waals surface area contributed by atoms with E-state index in [1.807, 2.05) is 6.92 Å². The fourth-order valence-electron chi connectivity index (χ4n) is 2.68. The van der Waals surface area contributed by atoms with Crippen molar-refractivity contribution >= 4 is 52.6 Å². The first-order valence-electron chi connectivity index (χ1n) is 8.78. The molecule has 0 spiro atoms. The van der Waals surface area contributed by atoms with E-state index >= 15 is 0 Å². The van der Waals surface area contributed by atoms with Gasteiger partial charge in [0.25, 0.3) is 5.91 Å². The van der Waals surface area contributed by atoms with Crippen LogP contribution < -0.4 is 15.4 Å². The second-order valence-electron chi connectivity index (χ2n) is 6.19. The van der Waals surface area contributed by atoms with Crippen LogP contribution in [0.5, 0.6) is 5.75 Å². The van der Waals surface area contributed by atoms with E-state index in [1.165, 1.54) is 0 Å². The predicted molar refractivity (Wildman–Crippen MR) is 111 cm³/mol. The van der Waals surface area contributed by atoms with Gasteiger partial charge in [0, 0.05) is 28.6 Å². The van der Waals surface area contributed by atoms with Crippen LogP contribution in [0.15, 0.2) is 18.2 Å².